The third kappa shape index (κ3) is 2.16. The number of rotatable bonds is 3. The molecule has 18 heavy (non-hydrogen) atoms. The fourth-order valence-electron chi connectivity index (χ4n) is 1.70. The molecule has 0 amide bonds. The minimum absolute atomic E-state index is 0.169. The molecule has 2 heterocycles. The Hall–Kier alpha value is -1.66. The number of anilines is 2. The summed E-state index contributed by atoms with van der Waals surface area (Å²) in [6.45, 7) is 2.08. The third-order valence-corrected chi connectivity index (χ3v) is 4.48. The molecule has 3 rings (SSSR count). The zero-order chi connectivity index (χ0) is 12.5. The van der Waals surface area contributed by atoms with E-state index in [0.717, 1.165) is 26.0 Å². The Labute approximate surface area is 113 Å². The van der Waals surface area contributed by atoms with Gasteiger partial charge in [-0.3, -0.25) is 0 Å². The van der Waals surface area contributed by atoms with Crippen LogP contribution < -0.4 is 11.1 Å². The lowest BCUT2D eigenvalue weighted by molar-refractivity contribution is 0.868. The summed E-state index contributed by atoms with van der Waals surface area (Å²) in [7, 11) is 0. The van der Waals surface area contributed by atoms with E-state index >= 15 is 0 Å². The molecule has 0 aliphatic heterocycles. The van der Waals surface area contributed by atoms with Crippen LogP contribution in [0.3, 0.4) is 0 Å². The van der Waals surface area contributed by atoms with Crippen molar-refractivity contribution in [2.75, 3.05) is 11.1 Å². The van der Waals surface area contributed by atoms with E-state index in [9.17, 15) is 0 Å². The highest BCUT2D eigenvalue weighted by molar-refractivity contribution is 7.22. The van der Waals surface area contributed by atoms with Crippen LogP contribution >= 0.6 is 22.7 Å². The summed E-state index contributed by atoms with van der Waals surface area (Å²) in [5.41, 5.74) is 7.51. The predicted molar refractivity (Wildman–Crippen MR) is 78.2 cm³/mol. The zero-order valence-electron chi connectivity index (χ0n) is 9.75. The largest absolute Gasteiger partial charge is 0.399 e. The fourth-order valence-corrected chi connectivity index (χ4v) is 3.35. The van der Waals surface area contributed by atoms with Gasteiger partial charge in [0.25, 0.3) is 0 Å². The molecular formula is C12H12N4S2. The Balaban J connectivity index is 1.86. The molecule has 1 aromatic carbocycles. The summed E-state index contributed by atoms with van der Waals surface area (Å²) >= 11 is 3.25. The quantitative estimate of drug-likeness (QED) is 0.719. The van der Waals surface area contributed by atoms with Crippen LogP contribution in [0.15, 0.2) is 29.8 Å². The van der Waals surface area contributed by atoms with Gasteiger partial charge in [-0.2, -0.15) is 0 Å². The molecule has 4 nitrogen and oxygen atoms in total. The lowest BCUT2D eigenvalue weighted by atomic mass is 10.3. The van der Waals surface area contributed by atoms with Crippen molar-refractivity contribution < 1.29 is 0 Å². The van der Waals surface area contributed by atoms with Crippen LogP contribution in [0.5, 0.6) is 0 Å². The Kier molecular flexibility index (Phi) is 2.89. The van der Waals surface area contributed by atoms with Gasteiger partial charge in [-0.05, 0) is 25.1 Å². The van der Waals surface area contributed by atoms with E-state index in [1.54, 1.807) is 22.7 Å². The third-order valence-electron chi connectivity index (χ3n) is 2.57. The van der Waals surface area contributed by atoms with Crippen molar-refractivity contribution in [2.45, 2.75) is 13.0 Å². The van der Waals surface area contributed by atoms with Gasteiger partial charge in [0.15, 0.2) is 5.13 Å². The van der Waals surface area contributed by atoms with E-state index in [2.05, 4.69) is 22.2 Å². The number of nitrogens with one attached hydrogen (secondary N) is 1. The van der Waals surface area contributed by atoms with E-state index < -0.39 is 0 Å². The van der Waals surface area contributed by atoms with E-state index in [0.29, 0.717) is 0 Å². The van der Waals surface area contributed by atoms with Gasteiger partial charge in [0.1, 0.15) is 5.01 Å². The molecule has 0 radical (unpaired) electrons. The average molecular weight is 276 g/mol. The molecule has 3 aromatic rings. The minimum atomic E-state index is 0.169. The molecule has 0 aliphatic carbocycles. The van der Waals surface area contributed by atoms with Crippen LogP contribution in [0.25, 0.3) is 10.2 Å². The zero-order valence-corrected chi connectivity index (χ0v) is 11.4. The summed E-state index contributed by atoms with van der Waals surface area (Å²) in [5, 5.41) is 7.31. The van der Waals surface area contributed by atoms with Gasteiger partial charge in [-0.1, -0.05) is 11.3 Å². The highest BCUT2D eigenvalue weighted by atomic mass is 32.1. The van der Waals surface area contributed by atoms with Crippen LogP contribution in [-0.4, -0.2) is 9.97 Å². The first-order valence-corrected chi connectivity index (χ1v) is 7.24. The first-order chi connectivity index (χ1) is 8.72. The van der Waals surface area contributed by atoms with Gasteiger partial charge in [0.2, 0.25) is 0 Å². The normalized spacial score (nSPS) is 12.7. The summed E-state index contributed by atoms with van der Waals surface area (Å²) < 4.78 is 1.10. The highest BCUT2D eigenvalue weighted by Crippen LogP contribution is 2.30. The molecule has 3 N–H and O–H groups in total. The number of nitrogen functional groups attached to an aromatic ring is 1. The molecular weight excluding hydrogens is 264 g/mol. The number of aromatic nitrogens is 2. The molecule has 0 saturated carbocycles. The van der Waals surface area contributed by atoms with Crippen LogP contribution in [0.1, 0.15) is 18.0 Å². The first-order valence-electron chi connectivity index (χ1n) is 5.54. The van der Waals surface area contributed by atoms with E-state index in [4.69, 9.17) is 5.73 Å². The van der Waals surface area contributed by atoms with Gasteiger partial charge >= 0.3 is 0 Å². The van der Waals surface area contributed by atoms with Crippen LogP contribution in [0.2, 0.25) is 0 Å². The summed E-state index contributed by atoms with van der Waals surface area (Å²) in [4.78, 5) is 8.83. The van der Waals surface area contributed by atoms with Crippen molar-refractivity contribution in [3.8, 4) is 0 Å². The van der Waals surface area contributed by atoms with Crippen LogP contribution in [0.4, 0.5) is 10.8 Å². The Morgan fingerprint density at radius 1 is 1.39 bits per heavy atom. The molecule has 0 spiro atoms. The molecule has 0 aliphatic rings. The number of fused-ring (bicyclic) bond motifs is 1. The maximum atomic E-state index is 5.76. The standard InChI is InChI=1S/C12H12N4S2/c1-7(11-14-4-5-17-11)15-12-16-9-3-2-8(13)6-10(9)18-12/h2-7H,13H2,1H3,(H,15,16). The second kappa shape index (κ2) is 4.55. The number of thiazole rings is 2. The number of nitrogens with two attached hydrogens (primary N) is 1. The first kappa shape index (κ1) is 11.4. The molecule has 2 aromatic heterocycles. The van der Waals surface area contributed by atoms with Crippen LogP contribution in [0, 0.1) is 0 Å². The van der Waals surface area contributed by atoms with Gasteiger partial charge < -0.3 is 11.1 Å². The topological polar surface area (TPSA) is 63.8 Å². The monoisotopic (exact) mass is 276 g/mol. The van der Waals surface area contributed by atoms with Crippen molar-refractivity contribution in [1.82, 2.24) is 9.97 Å². The van der Waals surface area contributed by atoms with Crippen LogP contribution in [-0.2, 0) is 0 Å². The fraction of sp³-hybridized carbons (Fsp3) is 0.167. The highest BCUT2D eigenvalue weighted by Gasteiger charge is 2.10. The van der Waals surface area contributed by atoms with Gasteiger partial charge in [0.05, 0.1) is 16.3 Å². The Bertz CT molecular complexity index is 660. The SMILES string of the molecule is CC(Nc1nc2ccc(N)cc2s1)c1nccs1. The van der Waals surface area contributed by atoms with Crippen molar-refractivity contribution in [3.63, 3.8) is 0 Å². The van der Waals surface area contributed by atoms with E-state index in [1.807, 2.05) is 29.8 Å². The average Bonchev–Trinajstić information content (AvgIpc) is 2.95. The lowest BCUT2D eigenvalue weighted by Gasteiger charge is -2.08. The molecule has 6 heteroatoms. The van der Waals surface area contributed by atoms with Crippen molar-refractivity contribution in [1.29, 1.82) is 0 Å². The molecule has 0 bridgehead atoms. The smallest absolute Gasteiger partial charge is 0.184 e. The summed E-state index contributed by atoms with van der Waals surface area (Å²) in [5.74, 6) is 0. The number of hydrogen-bond acceptors (Lipinski definition) is 6. The minimum Gasteiger partial charge on any atom is -0.399 e. The predicted octanol–water partition coefficient (Wildman–Crippen LogP) is 3.51. The maximum absolute atomic E-state index is 5.76. The van der Waals surface area contributed by atoms with Crippen molar-refractivity contribution in [2.24, 2.45) is 0 Å². The van der Waals surface area contributed by atoms with Gasteiger partial charge in [-0.25, -0.2) is 9.97 Å². The lowest BCUT2D eigenvalue weighted by Crippen LogP contribution is -2.05. The molecule has 1 atom stereocenters. The number of hydrogen-bond donors (Lipinski definition) is 2. The molecule has 92 valence electrons. The summed E-state index contributed by atoms with van der Waals surface area (Å²) in [6.07, 6.45) is 1.82. The number of benzene rings is 1. The molecule has 1 unspecified atom stereocenters. The van der Waals surface area contributed by atoms with E-state index in [1.165, 1.54) is 0 Å². The number of nitrogens with zero attached hydrogens (tertiary/aromatic N) is 2. The second-order valence-corrected chi connectivity index (χ2v) is 5.94. The Morgan fingerprint density at radius 3 is 3.06 bits per heavy atom. The van der Waals surface area contributed by atoms with Gasteiger partial charge in [0, 0.05) is 17.3 Å². The van der Waals surface area contributed by atoms with Crippen molar-refractivity contribution >= 4 is 43.7 Å². The van der Waals surface area contributed by atoms with Crippen molar-refractivity contribution in [3.05, 3.63) is 34.8 Å². The Morgan fingerprint density at radius 2 is 2.28 bits per heavy atom. The summed E-state index contributed by atoms with van der Waals surface area (Å²) in [6, 6.07) is 5.94. The molecule has 0 fully saturated rings. The van der Waals surface area contributed by atoms with E-state index in [-0.39, 0.29) is 6.04 Å². The maximum Gasteiger partial charge on any atom is 0.184 e. The second-order valence-electron chi connectivity index (χ2n) is 3.98. The molecule has 0 saturated heterocycles. The van der Waals surface area contributed by atoms with Gasteiger partial charge in [-0.15, -0.1) is 11.3 Å².